The fourth-order valence-electron chi connectivity index (χ4n) is 3.90. The molecule has 130 valence electrons. The number of fused-ring (bicyclic) bond motifs is 3. The summed E-state index contributed by atoms with van der Waals surface area (Å²) in [6, 6.07) is 4.31. The highest BCUT2D eigenvalue weighted by atomic mass is 16.5. The van der Waals surface area contributed by atoms with Crippen LogP contribution in [-0.2, 0) is 4.74 Å². The van der Waals surface area contributed by atoms with Crippen LogP contribution in [0.25, 0.3) is 22.1 Å². The Labute approximate surface area is 145 Å². The quantitative estimate of drug-likeness (QED) is 0.761. The number of H-pyrrole nitrogens is 1. The number of ether oxygens (including phenoxy) is 1. The molecule has 0 aromatic carbocycles. The van der Waals surface area contributed by atoms with Gasteiger partial charge < -0.3 is 19.4 Å². The molecule has 0 radical (unpaired) electrons. The lowest BCUT2D eigenvalue weighted by atomic mass is 9.92. The molecule has 3 aromatic rings. The van der Waals surface area contributed by atoms with Crippen LogP contribution < -0.4 is 0 Å². The first-order valence-electron chi connectivity index (χ1n) is 8.69. The summed E-state index contributed by atoms with van der Waals surface area (Å²) in [7, 11) is 0. The van der Waals surface area contributed by atoms with E-state index in [4.69, 9.17) is 10.00 Å². The third-order valence-electron chi connectivity index (χ3n) is 5.03. The van der Waals surface area contributed by atoms with Crippen LogP contribution in [0.1, 0.15) is 50.6 Å². The standard InChI is InChI=1S/C18H21N5O2/c1-11(24)18-22-15-10-21-17-14(6-8-20-17)16(15)23(18)12-2-4-13(5-3-12)25-9-7-19/h6,8,10-13,24H,2-5,9H2,1H3,(H,20,21)/t11-,12?,13?/m1/s1. The van der Waals surface area contributed by atoms with Crippen molar-refractivity contribution in [1.82, 2.24) is 19.5 Å². The van der Waals surface area contributed by atoms with Crippen LogP contribution in [0.4, 0.5) is 0 Å². The van der Waals surface area contributed by atoms with Gasteiger partial charge in [0.05, 0.1) is 23.9 Å². The molecule has 1 fully saturated rings. The predicted octanol–water partition coefficient (Wildman–Crippen LogP) is 2.99. The zero-order chi connectivity index (χ0) is 17.4. The van der Waals surface area contributed by atoms with Gasteiger partial charge in [0.25, 0.3) is 0 Å². The van der Waals surface area contributed by atoms with E-state index in [0.29, 0.717) is 5.82 Å². The zero-order valence-electron chi connectivity index (χ0n) is 14.1. The number of aliphatic hydroxyl groups is 1. The fraction of sp³-hybridized carbons (Fsp3) is 0.500. The highest BCUT2D eigenvalue weighted by Gasteiger charge is 2.28. The minimum atomic E-state index is -0.644. The van der Waals surface area contributed by atoms with E-state index in [2.05, 4.69) is 19.5 Å². The average molecular weight is 339 g/mol. The molecule has 2 N–H and O–H groups in total. The monoisotopic (exact) mass is 339 g/mol. The Balaban J connectivity index is 1.74. The van der Waals surface area contributed by atoms with Crippen LogP contribution in [0, 0.1) is 11.3 Å². The molecule has 1 saturated carbocycles. The minimum absolute atomic E-state index is 0.148. The summed E-state index contributed by atoms with van der Waals surface area (Å²) in [4.78, 5) is 12.2. The minimum Gasteiger partial charge on any atom is -0.385 e. The van der Waals surface area contributed by atoms with Gasteiger partial charge in [0, 0.05) is 17.6 Å². The van der Waals surface area contributed by atoms with Crippen molar-refractivity contribution in [2.45, 2.75) is 50.9 Å². The highest BCUT2D eigenvalue weighted by Crippen LogP contribution is 2.37. The van der Waals surface area contributed by atoms with Crippen LogP contribution in [0.5, 0.6) is 0 Å². The number of aromatic amines is 1. The number of rotatable bonds is 4. The van der Waals surface area contributed by atoms with E-state index in [1.54, 1.807) is 13.1 Å². The lowest BCUT2D eigenvalue weighted by Gasteiger charge is -2.30. The molecule has 0 unspecified atom stereocenters. The van der Waals surface area contributed by atoms with Crippen molar-refractivity contribution in [2.75, 3.05) is 6.61 Å². The number of nitrogens with one attached hydrogen (secondary N) is 1. The van der Waals surface area contributed by atoms with Crippen LogP contribution >= 0.6 is 0 Å². The second kappa shape index (κ2) is 6.47. The predicted molar refractivity (Wildman–Crippen MR) is 92.9 cm³/mol. The summed E-state index contributed by atoms with van der Waals surface area (Å²) in [5.41, 5.74) is 2.67. The molecule has 1 atom stereocenters. The second-order valence-electron chi connectivity index (χ2n) is 6.65. The van der Waals surface area contributed by atoms with Gasteiger partial charge in [-0.15, -0.1) is 0 Å². The van der Waals surface area contributed by atoms with E-state index in [9.17, 15) is 5.11 Å². The Morgan fingerprint density at radius 1 is 1.44 bits per heavy atom. The molecule has 1 aliphatic rings. The number of pyridine rings is 1. The number of hydrogen-bond donors (Lipinski definition) is 2. The first-order chi connectivity index (χ1) is 12.2. The first kappa shape index (κ1) is 16.1. The molecular formula is C18H21N5O2. The molecule has 0 spiro atoms. The average Bonchev–Trinajstić information content (AvgIpc) is 3.24. The van der Waals surface area contributed by atoms with E-state index >= 15 is 0 Å². The molecule has 7 nitrogen and oxygen atoms in total. The van der Waals surface area contributed by atoms with Gasteiger partial charge in [0.2, 0.25) is 0 Å². The van der Waals surface area contributed by atoms with Gasteiger partial charge in [-0.05, 0) is 38.7 Å². The van der Waals surface area contributed by atoms with Gasteiger partial charge in [0.1, 0.15) is 29.7 Å². The molecule has 0 bridgehead atoms. The summed E-state index contributed by atoms with van der Waals surface area (Å²) in [6.45, 7) is 1.90. The summed E-state index contributed by atoms with van der Waals surface area (Å²) < 4.78 is 7.76. The molecule has 4 rings (SSSR count). The van der Waals surface area contributed by atoms with Crippen molar-refractivity contribution in [3.8, 4) is 6.07 Å². The second-order valence-corrected chi connectivity index (χ2v) is 6.65. The van der Waals surface area contributed by atoms with Crippen molar-refractivity contribution in [3.63, 3.8) is 0 Å². The molecule has 7 heteroatoms. The van der Waals surface area contributed by atoms with E-state index in [-0.39, 0.29) is 18.8 Å². The molecule has 0 aliphatic heterocycles. The first-order valence-corrected chi connectivity index (χ1v) is 8.69. The third kappa shape index (κ3) is 2.77. The van der Waals surface area contributed by atoms with Crippen molar-refractivity contribution in [2.24, 2.45) is 0 Å². The number of aliphatic hydroxyl groups excluding tert-OH is 1. The smallest absolute Gasteiger partial charge is 0.139 e. The van der Waals surface area contributed by atoms with Crippen LogP contribution in [0.2, 0.25) is 0 Å². The van der Waals surface area contributed by atoms with Gasteiger partial charge in [0.15, 0.2) is 0 Å². The maximum absolute atomic E-state index is 10.3. The SMILES string of the molecule is C[C@@H](O)c1nc2cnc3[nH]ccc3c2n1C1CCC(OCC#N)CC1. The van der Waals surface area contributed by atoms with Crippen molar-refractivity contribution in [1.29, 1.82) is 5.26 Å². The topological polar surface area (TPSA) is 99.8 Å². The van der Waals surface area contributed by atoms with E-state index in [1.165, 1.54) is 0 Å². The number of nitrogens with zero attached hydrogens (tertiary/aromatic N) is 4. The summed E-state index contributed by atoms with van der Waals surface area (Å²) in [5, 5.41) is 20.0. The number of nitriles is 1. The molecule has 1 aliphatic carbocycles. The van der Waals surface area contributed by atoms with Gasteiger partial charge >= 0.3 is 0 Å². The Morgan fingerprint density at radius 3 is 2.96 bits per heavy atom. The lowest BCUT2D eigenvalue weighted by Crippen LogP contribution is -2.25. The Kier molecular flexibility index (Phi) is 4.15. The molecule has 0 saturated heterocycles. The Hall–Kier alpha value is -2.43. The summed E-state index contributed by atoms with van der Waals surface area (Å²) >= 11 is 0. The van der Waals surface area contributed by atoms with E-state index in [0.717, 1.165) is 47.8 Å². The number of hydrogen-bond acceptors (Lipinski definition) is 5. The van der Waals surface area contributed by atoms with Crippen LogP contribution in [0.15, 0.2) is 18.5 Å². The molecular weight excluding hydrogens is 318 g/mol. The Bertz CT molecular complexity index is 928. The van der Waals surface area contributed by atoms with Gasteiger partial charge in [-0.3, -0.25) is 0 Å². The molecule has 0 amide bonds. The normalized spacial score (nSPS) is 22.3. The number of imidazole rings is 1. The molecule has 25 heavy (non-hydrogen) atoms. The molecule has 3 heterocycles. The van der Waals surface area contributed by atoms with Crippen LogP contribution in [-0.4, -0.2) is 37.3 Å². The Morgan fingerprint density at radius 2 is 2.24 bits per heavy atom. The summed E-state index contributed by atoms with van der Waals surface area (Å²) in [5.74, 6) is 0.687. The third-order valence-corrected chi connectivity index (χ3v) is 5.03. The molecule has 3 aromatic heterocycles. The zero-order valence-corrected chi connectivity index (χ0v) is 14.1. The van der Waals surface area contributed by atoms with Crippen molar-refractivity contribution in [3.05, 3.63) is 24.3 Å². The van der Waals surface area contributed by atoms with Crippen LogP contribution in [0.3, 0.4) is 0 Å². The van der Waals surface area contributed by atoms with Crippen molar-refractivity contribution >= 4 is 22.1 Å². The van der Waals surface area contributed by atoms with E-state index in [1.807, 2.05) is 18.3 Å². The maximum atomic E-state index is 10.3. The van der Waals surface area contributed by atoms with Gasteiger partial charge in [-0.2, -0.15) is 5.26 Å². The summed E-state index contributed by atoms with van der Waals surface area (Å²) in [6.07, 6.45) is 6.84. The highest BCUT2D eigenvalue weighted by molar-refractivity contribution is 6.01. The number of aromatic nitrogens is 4. The van der Waals surface area contributed by atoms with Crippen molar-refractivity contribution < 1.29 is 9.84 Å². The fourth-order valence-corrected chi connectivity index (χ4v) is 3.90. The van der Waals surface area contributed by atoms with Gasteiger partial charge in [-0.1, -0.05) is 0 Å². The van der Waals surface area contributed by atoms with E-state index < -0.39 is 6.10 Å². The van der Waals surface area contributed by atoms with Gasteiger partial charge in [-0.25, -0.2) is 9.97 Å². The largest absolute Gasteiger partial charge is 0.385 e. The lowest BCUT2D eigenvalue weighted by molar-refractivity contribution is 0.0377. The maximum Gasteiger partial charge on any atom is 0.139 e.